The standard InChI is InChI=1S/C18H20F3N3O/c1-3-23(2)17(25)12-8-10-13(11-9-12)24-15-7-5-4-6-14(15)16(22-24)18(19,20)21/h8-11H,3-7H2,1-2H3. The minimum Gasteiger partial charge on any atom is -0.342 e. The lowest BCUT2D eigenvalue weighted by atomic mass is 9.95. The van der Waals surface area contributed by atoms with Crippen LogP contribution in [-0.2, 0) is 19.0 Å². The molecule has 1 aromatic carbocycles. The van der Waals surface area contributed by atoms with Crippen LogP contribution in [0, 0.1) is 0 Å². The van der Waals surface area contributed by atoms with Crippen molar-refractivity contribution >= 4 is 5.91 Å². The fraction of sp³-hybridized carbons (Fsp3) is 0.444. The maximum atomic E-state index is 13.3. The molecular weight excluding hydrogens is 331 g/mol. The van der Waals surface area contributed by atoms with Gasteiger partial charge in [0, 0.05) is 30.4 Å². The number of carbonyl (C=O) groups excluding carboxylic acids is 1. The number of hydrogen-bond donors (Lipinski definition) is 0. The highest BCUT2D eigenvalue weighted by Crippen LogP contribution is 2.36. The number of alkyl halides is 3. The summed E-state index contributed by atoms with van der Waals surface area (Å²) in [5.74, 6) is -0.118. The van der Waals surface area contributed by atoms with Gasteiger partial charge in [-0.05, 0) is 56.9 Å². The molecule has 0 atom stereocenters. The van der Waals surface area contributed by atoms with Crippen LogP contribution >= 0.6 is 0 Å². The summed E-state index contributed by atoms with van der Waals surface area (Å²) < 4.78 is 41.2. The van der Waals surface area contributed by atoms with Gasteiger partial charge in [-0.25, -0.2) is 4.68 Å². The molecule has 0 N–H and O–H groups in total. The Hall–Kier alpha value is -2.31. The largest absolute Gasteiger partial charge is 0.435 e. The molecule has 134 valence electrons. The number of carbonyl (C=O) groups is 1. The van der Waals surface area contributed by atoms with Gasteiger partial charge in [0.25, 0.3) is 5.91 Å². The van der Waals surface area contributed by atoms with E-state index in [1.807, 2.05) is 6.92 Å². The van der Waals surface area contributed by atoms with Gasteiger partial charge < -0.3 is 4.90 Å². The van der Waals surface area contributed by atoms with Crippen molar-refractivity contribution < 1.29 is 18.0 Å². The Morgan fingerprint density at radius 3 is 2.44 bits per heavy atom. The van der Waals surface area contributed by atoms with Gasteiger partial charge in [0.05, 0.1) is 5.69 Å². The molecule has 25 heavy (non-hydrogen) atoms. The Balaban J connectivity index is 2.00. The highest BCUT2D eigenvalue weighted by molar-refractivity contribution is 5.94. The van der Waals surface area contributed by atoms with Gasteiger partial charge in [-0.1, -0.05) is 0 Å². The molecule has 1 aliphatic carbocycles. The van der Waals surface area contributed by atoms with Crippen LogP contribution in [0.25, 0.3) is 5.69 Å². The summed E-state index contributed by atoms with van der Waals surface area (Å²) in [5, 5.41) is 3.86. The number of benzene rings is 1. The van der Waals surface area contributed by atoms with Crippen LogP contribution in [0.4, 0.5) is 13.2 Å². The molecule has 2 aromatic rings. The van der Waals surface area contributed by atoms with Crippen molar-refractivity contribution in [2.45, 2.75) is 38.8 Å². The second-order valence-electron chi connectivity index (χ2n) is 6.26. The van der Waals surface area contributed by atoms with E-state index in [0.29, 0.717) is 41.9 Å². The van der Waals surface area contributed by atoms with Crippen molar-refractivity contribution in [2.24, 2.45) is 0 Å². The van der Waals surface area contributed by atoms with Crippen LogP contribution in [0.2, 0.25) is 0 Å². The first-order valence-corrected chi connectivity index (χ1v) is 8.36. The number of halogens is 3. The van der Waals surface area contributed by atoms with E-state index < -0.39 is 11.9 Å². The lowest BCUT2D eigenvalue weighted by Crippen LogP contribution is -2.26. The normalized spacial score (nSPS) is 14.3. The lowest BCUT2D eigenvalue weighted by Gasteiger charge is -2.16. The van der Waals surface area contributed by atoms with Gasteiger partial charge in [-0.2, -0.15) is 18.3 Å². The van der Waals surface area contributed by atoms with E-state index in [-0.39, 0.29) is 5.91 Å². The molecule has 0 aliphatic heterocycles. The molecule has 1 aromatic heterocycles. The Bertz CT molecular complexity index is 778. The molecule has 1 aliphatic rings. The molecule has 1 heterocycles. The molecule has 7 heteroatoms. The second-order valence-corrected chi connectivity index (χ2v) is 6.26. The number of amides is 1. The molecule has 0 saturated heterocycles. The quantitative estimate of drug-likeness (QED) is 0.842. The number of aromatic nitrogens is 2. The average molecular weight is 351 g/mol. The van der Waals surface area contributed by atoms with Crippen molar-refractivity contribution in [3.8, 4) is 5.69 Å². The Morgan fingerprint density at radius 2 is 1.84 bits per heavy atom. The van der Waals surface area contributed by atoms with Gasteiger partial charge in [0.1, 0.15) is 0 Å². The average Bonchev–Trinajstić information content (AvgIpc) is 3.00. The van der Waals surface area contributed by atoms with E-state index >= 15 is 0 Å². The van der Waals surface area contributed by atoms with E-state index in [1.54, 1.807) is 36.2 Å². The Labute approximate surface area is 144 Å². The fourth-order valence-electron chi connectivity index (χ4n) is 3.15. The molecule has 1 amide bonds. The van der Waals surface area contributed by atoms with Crippen LogP contribution in [0.3, 0.4) is 0 Å². The maximum Gasteiger partial charge on any atom is 0.435 e. The third-order valence-electron chi connectivity index (χ3n) is 4.63. The van der Waals surface area contributed by atoms with Gasteiger partial charge >= 0.3 is 6.18 Å². The van der Waals surface area contributed by atoms with E-state index in [0.717, 1.165) is 12.8 Å². The molecule has 0 unspecified atom stereocenters. The third-order valence-corrected chi connectivity index (χ3v) is 4.63. The summed E-state index contributed by atoms with van der Waals surface area (Å²) in [6, 6.07) is 6.57. The van der Waals surface area contributed by atoms with Crippen molar-refractivity contribution in [1.82, 2.24) is 14.7 Å². The predicted octanol–water partition coefficient (Wildman–Crippen LogP) is 3.86. The first-order valence-electron chi connectivity index (χ1n) is 8.36. The van der Waals surface area contributed by atoms with E-state index in [4.69, 9.17) is 0 Å². The van der Waals surface area contributed by atoms with Gasteiger partial charge in [-0.15, -0.1) is 0 Å². The lowest BCUT2D eigenvalue weighted by molar-refractivity contribution is -0.142. The minimum absolute atomic E-state index is 0.118. The zero-order valence-corrected chi connectivity index (χ0v) is 14.2. The first-order chi connectivity index (χ1) is 11.8. The summed E-state index contributed by atoms with van der Waals surface area (Å²) in [7, 11) is 1.70. The topological polar surface area (TPSA) is 38.1 Å². The monoisotopic (exact) mass is 351 g/mol. The van der Waals surface area contributed by atoms with Crippen LogP contribution in [0.1, 0.15) is 47.1 Å². The third kappa shape index (κ3) is 3.27. The summed E-state index contributed by atoms with van der Waals surface area (Å²) in [5.41, 5.74) is 1.20. The SMILES string of the molecule is CCN(C)C(=O)c1ccc(-n2nc(C(F)(F)F)c3c2CCCC3)cc1. The van der Waals surface area contributed by atoms with Crippen LogP contribution in [-0.4, -0.2) is 34.2 Å². The van der Waals surface area contributed by atoms with Crippen molar-refractivity contribution in [3.63, 3.8) is 0 Å². The minimum atomic E-state index is -4.45. The fourth-order valence-corrected chi connectivity index (χ4v) is 3.15. The Morgan fingerprint density at radius 1 is 1.20 bits per heavy atom. The first kappa shape index (κ1) is 17.5. The van der Waals surface area contributed by atoms with E-state index in [1.165, 1.54) is 4.68 Å². The zero-order chi connectivity index (χ0) is 18.2. The maximum absolute atomic E-state index is 13.3. The van der Waals surface area contributed by atoms with Gasteiger partial charge in [0.15, 0.2) is 5.69 Å². The number of fused-ring (bicyclic) bond motifs is 1. The molecule has 0 radical (unpaired) electrons. The molecule has 0 spiro atoms. The zero-order valence-electron chi connectivity index (χ0n) is 14.2. The molecule has 3 rings (SSSR count). The molecule has 4 nitrogen and oxygen atoms in total. The van der Waals surface area contributed by atoms with Crippen molar-refractivity contribution in [2.75, 3.05) is 13.6 Å². The summed E-state index contributed by atoms with van der Waals surface area (Å²) in [6.07, 6.45) is -1.86. The predicted molar refractivity (Wildman–Crippen MR) is 87.8 cm³/mol. The van der Waals surface area contributed by atoms with E-state index in [9.17, 15) is 18.0 Å². The van der Waals surface area contributed by atoms with Gasteiger partial charge in [-0.3, -0.25) is 4.79 Å². The molecular formula is C18H20F3N3O. The van der Waals surface area contributed by atoms with E-state index in [2.05, 4.69) is 5.10 Å². The number of hydrogen-bond acceptors (Lipinski definition) is 2. The van der Waals surface area contributed by atoms with Crippen LogP contribution in [0.15, 0.2) is 24.3 Å². The number of rotatable bonds is 3. The van der Waals surface area contributed by atoms with Crippen molar-refractivity contribution in [1.29, 1.82) is 0 Å². The molecule has 0 saturated carbocycles. The second kappa shape index (κ2) is 6.54. The van der Waals surface area contributed by atoms with Gasteiger partial charge in [0.2, 0.25) is 0 Å². The summed E-state index contributed by atoms with van der Waals surface area (Å²) in [4.78, 5) is 13.7. The molecule has 0 fully saturated rings. The smallest absolute Gasteiger partial charge is 0.342 e. The van der Waals surface area contributed by atoms with Crippen LogP contribution < -0.4 is 0 Å². The van der Waals surface area contributed by atoms with Crippen molar-refractivity contribution in [3.05, 3.63) is 46.8 Å². The summed E-state index contributed by atoms with van der Waals surface area (Å²) >= 11 is 0. The van der Waals surface area contributed by atoms with Crippen LogP contribution in [0.5, 0.6) is 0 Å². The Kier molecular flexibility index (Phi) is 4.58. The highest BCUT2D eigenvalue weighted by atomic mass is 19.4. The highest BCUT2D eigenvalue weighted by Gasteiger charge is 2.39. The number of nitrogens with zero attached hydrogens (tertiary/aromatic N) is 3. The molecule has 0 bridgehead atoms. The summed E-state index contributed by atoms with van der Waals surface area (Å²) in [6.45, 7) is 2.46.